The van der Waals surface area contributed by atoms with Crippen LogP contribution < -0.4 is 0 Å². The molecule has 0 aliphatic heterocycles. The lowest BCUT2D eigenvalue weighted by Crippen LogP contribution is -2.26. The van der Waals surface area contributed by atoms with E-state index in [-0.39, 0.29) is 5.76 Å². The van der Waals surface area contributed by atoms with Crippen molar-refractivity contribution in [3.05, 3.63) is 75.3 Å². The highest BCUT2D eigenvalue weighted by Gasteiger charge is 2.22. The zero-order valence-corrected chi connectivity index (χ0v) is 14.7. The van der Waals surface area contributed by atoms with Gasteiger partial charge in [-0.05, 0) is 32.0 Å². The third-order valence-electron chi connectivity index (χ3n) is 4.17. The molecule has 0 saturated carbocycles. The third kappa shape index (κ3) is 3.21. The summed E-state index contributed by atoms with van der Waals surface area (Å²) in [5, 5.41) is 15.3. The topological polar surface area (TPSA) is 94.4 Å². The van der Waals surface area contributed by atoms with Crippen molar-refractivity contribution >= 4 is 11.8 Å². The van der Waals surface area contributed by atoms with E-state index in [1.807, 2.05) is 48.9 Å². The number of amides is 1. The summed E-state index contributed by atoms with van der Waals surface area (Å²) in [5.74, 6) is -0.944. The number of para-hydroxylation sites is 1. The summed E-state index contributed by atoms with van der Waals surface area (Å²) in [6.07, 6.45) is 0. The van der Waals surface area contributed by atoms with Crippen molar-refractivity contribution < 1.29 is 14.1 Å². The number of aryl methyl sites for hydroxylation is 1. The molecule has 0 aliphatic carbocycles. The first-order valence-electron chi connectivity index (χ1n) is 7.98. The minimum absolute atomic E-state index is 0.0649. The quantitative estimate of drug-likeness (QED) is 0.518. The first-order chi connectivity index (χ1) is 12.4. The molecular formula is C18H18N4O4. The van der Waals surface area contributed by atoms with Crippen molar-refractivity contribution in [1.82, 2.24) is 14.7 Å². The Morgan fingerprint density at radius 3 is 2.54 bits per heavy atom. The molecule has 2 heterocycles. The number of furan rings is 1. The van der Waals surface area contributed by atoms with Gasteiger partial charge in [-0.1, -0.05) is 18.2 Å². The van der Waals surface area contributed by atoms with E-state index in [1.54, 1.807) is 7.05 Å². The smallest absolute Gasteiger partial charge is 0.395 e. The number of benzene rings is 1. The number of nitro groups is 1. The van der Waals surface area contributed by atoms with Gasteiger partial charge >= 0.3 is 5.88 Å². The molecule has 2 aromatic heterocycles. The molecule has 0 unspecified atom stereocenters. The van der Waals surface area contributed by atoms with Gasteiger partial charge in [-0.2, -0.15) is 5.10 Å². The summed E-state index contributed by atoms with van der Waals surface area (Å²) in [6.45, 7) is 4.15. The van der Waals surface area contributed by atoms with Crippen LogP contribution in [0.3, 0.4) is 0 Å². The largest absolute Gasteiger partial charge is 0.433 e. The number of carbonyl (C=O) groups excluding carboxylic acids is 1. The monoisotopic (exact) mass is 354 g/mol. The Balaban J connectivity index is 1.83. The second-order valence-electron chi connectivity index (χ2n) is 5.95. The van der Waals surface area contributed by atoms with Crippen LogP contribution in [-0.4, -0.2) is 32.6 Å². The Morgan fingerprint density at radius 2 is 1.92 bits per heavy atom. The molecule has 0 N–H and O–H groups in total. The number of hydrogen-bond donors (Lipinski definition) is 0. The van der Waals surface area contributed by atoms with Crippen LogP contribution >= 0.6 is 0 Å². The van der Waals surface area contributed by atoms with Gasteiger partial charge in [0.05, 0.1) is 17.4 Å². The number of aromatic nitrogens is 2. The molecule has 0 bridgehead atoms. The van der Waals surface area contributed by atoms with Crippen molar-refractivity contribution in [3.63, 3.8) is 0 Å². The van der Waals surface area contributed by atoms with Crippen LogP contribution in [0.25, 0.3) is 5.69 Å². The highest BCUT2D eigenvalue weighted by atomic mass is 16.6. The fourth-order valence-electron chi connectivity index (χ4n) is 2.76. The van der Waals surface area contributed by atoms with Gasteiger partial charge in [0.1, 0.15) is 4.92 Å². The number of nitrogens with zero attached hydrogens (tertiary/aromatic N) is 4. The third-order valence-corrected chi connectivity index (χ3v) is 4.17. The summed E-state index contributed by atoms with van der Waals surface area (Å²) in [6, 6.07) is 12.2. The van der Waals surface area contributed by atoms with E-state index in [9.17, 15) is 14.9 Å². The highest BCUT2D eigenvalue weighted by Crippen LogP contribution is 2.21. The second kappa shape index (κ2) is 6.83. The van der Waals surface area contributed by atoms with Crippen LogP contribution in [0, 0.1) is 24.0 Å². The minimum Gasteiger partial charge on any atom is -0.395 e. The van der Waals surface area contributed by atoms with Crippen LogP contribution in [-0.2, 0) is 6.54 Å². The Hall–Kier alpha value is -3.42. The van der Waals surface area contributed by atoms with Gasteiger partial charge in [0, 0.05) is 24.8 Å². The molecule has 8 nitrogen and oxygen atoms in total. The fraction of sp³-hybridized carbons (Fsp3) is 0.222. The lowest BCUT2D eigenvalue weighted by atomic mass is 10.2. The summed E-state index contributed by atoms with van der Waals surface area (Å²) >= 11 is 0. The van der Waals surface area contributed by atoms with Crippen LogP contribution in [0.1, 0.15) is 27.5 Å². The Morgan fingerprint density at radius 1 is 1.23 bits per heavy atom. The van der Waals surface area contributed by atoms with Gasteiger partial charge < -0.3 is 9.32 Å². The molecule has 0 fully saturated rings. The molecule has 0 spiro atoms. The summed E-state index contributed by atoms with van der Waals surface area (Å²) in [5.41, 5.74) is 3.61. The SMILES string of the molecule is Cc1nn(-c2ccccc2)c(C)c1CN(C)C(=O)c1ccc([N+](=O)[O-])o1. The number of rotatable bonds is 5. The first-order valence-corrected chi connectivity index (χ1v) is 7.98. The minimum atomic E-state index is -0.672. The van der Waals surface area contributed by atoms with Gasteiger partial charge in [-0.25, -0.2) is 4.68 Å². The maximum atomic E-state index is 12.5. The van der Waals surface area contributed by atoms with Crippen LogP contribution in [0.2, 0.25) is 0 Å². The molecular weight excluding hydrogens is 336 g/mol. The normalized spacial score (nSPS) is 10.7. The maximum Gasteiger partial charge on any atom is 0.433 e. The van der Waals surface area contributed by atoms with Crippen molar-refractivity contribution in [2.75, 3.05) is 7.05 Å². The van der Waals surface area contributed by atoms with E-state index in [2.05, 4.69) is 5.10 Å². The first kappa shape index (κ1) is 17.4. The number of hydrogen-bond acceptors (Lipinski definition) is 5. The summed E-state index contributed by atoms with van der Waals surface area (Å²) < 4.78 is 6.82. The second-order valence-corrected chi connectivity index (χ2v) is 5.95. The van der Waals surface area contributed by atoms with Gasteiger partial charge in [0.15, 0.2) is 5.76 Å². The van der Waals surface area contributed by atoms with Crippen molar-refractivity contribution in [3.8, 4) is 5.69 Å². The van der Waals surface area contributed by atoms with E-state index < -0.39 is 16.7 Å². The Kier molecular flexibility index (Phi) is 4.57. The Labute approximate surface area is 149 Å². The molecule has 3 aromatic rings. The molecule has 134 valence electrons. The Bertz CT molecular complexity index is 959. The van der Waals surface area contributed by atoms with Crippen molar-refractivity contribution in [1.29, 1.82) is 0 Å². The van der Waals surface area contributed by atoms with Crippen LogP contribution in [0.4, 0.5) is 5.88 Å². The lowest BCUT2D eigenvalue weighted by Gasteiger charge is -2.16. The van der Waals surface area contributed by atoms with Gasteiger partial charge in [-0.15, -0.1) is 0 Å². The molecule has 1 amide bonds. The molecule has 8 heteroatoms. The lowest BCUT2D eigenvalue weighted by molar-refractivity contribution is -0.402. The zero-order chi connectivity index (χ0) is 18.8. The van der Waals surface area contributed by atoms with E-state index in [1.165, 1.54) is 17.0 Å². The van der Waals surface area contributed by atoms with E-state index in [0.717, 1.165) is 22.6 Å². The molecule has 0 aliphatic rings. The van der Waals surface area contributed by atoms with Crippen molar-refractivity contribution in [2.24, 2.45) is 0 Å². The van der Waals surface area contributed by atoms with Crippen LogP contribution in [0.5, 0.6) is 0 Å². The van der Waals surface area contributed by atoms with Gasteiger partial charge in [-0.3, -0.25) is 14.9 Å². The zero-order valence-electron chi connectivity index (χ0n) is 14.7. The molecule has 0 atom stereocenters. The molecule has 26 heavy (non-hydrogen) atoms. The fourth-order valence-corrected chi connectivity index (χ4v) is 2.76. The molecule has 3 rings (SSSR count). The molecule has 0 radical (unpaired) electrons. The molecule has 0 saturated heterocycles. The average Bonchev–Trinajstić information content (AvgIpc) is 3.22. The van der Waals surface area contributed by atoms with E-state index in [4.69, 9.17) is 4.42 Å². The number of carbonyl (C=O) groups is 1. The predicted octanol–water partition coefficient (Wildman–Crippen LogP) is 3.26. The van der Waals surface area contributed by atoms with E-state index in [0.29, 0.717) is 6.54 Å². The van der Waals surface area contributed by atoms with Crippen molar-refractivity contribution in [2.45, 2.75) is 20.4 Å². The molecule has 1 aromatic carbocycles. The standard InChI is InChI=1S/C18H18N4O4/c1-12-15(13(2)21(19-12)14-7-5-4-6-8-14)11-20(3)18(23)16-9-10-17(26-16)22(24)25/h4-10H,11H2,1-3H3. The summed E-state index contributed by atoms with van der Waals surface area (Å²) in [7, 11) is 1.62. The summed E-state index contributed by atoms with van der Waals surface area (Å²) in [4.78, 5) is 23.9. The van der Waals surface area contributed by atoms with Gasteiger partial charge in [0.2, 0.25) is 0 Å². The highest BCUT2D eigenvalue weighted by molar-refractivity contribution is 5.91. The van der Waals surface area contributed by atoms with Gasteiger partial charge in [0.25, 0.3) is 5.91 Å². The predicted molar refractivity (Wildman–Crippen MR) is 94.2 cm³/mol. The van der Waals surface area contributed by atoms with Crippen LogP contribution in [0.15, 0.2) is 46.9 Å². The maximum absolute atomic E-state index is 12.5. The average molecular weight is 354 g/mol. The van der Waals surface area contributed by atoms with E-state index >= 15 is 0 Å².